The number of hydrogen-bond donors (Lipinski definition) is 2. The zero-order valence-electron chi connectivity index (χ0n) is 14.3. The average molecular weight is 372 g/mol. The number of amides is 2. The molecule has 0 spiro atoms. The Labute approximate surface area is 148 Å². The first-order valence-electron chi connectivity index (χ1n) is 7.21. The molecule has 10 heteroatoms. The maximum atomic E-state index is 13.1. The van der Waals surface area contributed by atoms with Crippen LogP contribution in [0.5, 0.6) is 0 Å². The summed E-state index contributed by atoms with van der Waals surface area (Å²) in [5.41, 5.74) is -0.870. The van der Waals surface area contributed by atoms with Gasteiger partial charge < -0.3 is 24.8 Å². The number of esters is 1. The Hall–Kier alpha value is -2.85. The van der Waals surface area contributed by atoms with E-state index in [0.717, 1.165) is 25.4 Å². The molecule has 26 heavy (non-hydrogen) atoms. The lowest BCUT2D eigenvalue weighted by atomic mass is 10.2. The molecule has 2 amide bonds. The molecule has 0 saturated heterocycles. The van der Waals surface area contributed by atoms with E-state index in [1.807, 2.05) is 0 Å². The van der Waals surface area contributed by atoms with E-state index in [-0.39, 0.29) is 12.1 Å². The summed E-state index contributed by atoms with van der Waals surface area (Å²) in [7, 11) is 3.76. The third-order valence-corrected chi connectivity index (χ3v) is 3.08. The van der Waals surface area contributed by atoms with Crippen LogP contribution < -0.4 is 10.6 Å². The Bertz CT molecular complexity index is 684. The smallest absolute Gasteiger partial charge is 0.344 e. The van der Waals surface area contributed by atoms with E-state index >= 15 is 0 Å². The van der Waals surface area contributed by atoms with Crippen molar-refractivity contribution in [3.63, 3.8) is 0 Å². The molecule has 1 rings (SSSR count). The minimum atomic E-state index is -1.03. The van der Waals surface area contributed by atoms with Gasteiger partial charge in [0.2, 0.25) is 0 Å². The van der Waals surface area contributed by atoms with Gasteiger partial charge in [-0.05, 0) is 12.1 Å². The number of rotatable bonds is 8. The summed E-state index contributed by atoms with van der Waals surface area (Å²) >= 11 is 0. The maximum Gasteiger partial charge on any atom is 0.344 e. The van der Waals surface area contributed by atoms with Crippen LogP contribution >= 0.6 is 0 Å². The first-order chi connectivity index (χ1) is 12.3. The van der Waals surface area contributed by atoms with Gasteiger partial charge in [0.05, 0.1) is 13.7 Å². The van der Waals surface area contributed by atoms with Crippen LogP contribution in [-0.2, 0) is 23.8 Å². The normalized spacial score (nSPS) is 11.2. The van der Waals surface area contributed by atoms with Crippen molar-refractivity contribution in [3.05, 3.63) is 47.2 Å². The number of hydrogen-bond acceptors (Lipinski definition) is 6. The van der Waals surface area contributed by atoms with E-state index in [1.54, 1.807) is 0 Å². The Morgan fingerprint density at radius 2 is 1.65 bits per heavy atom. The summed E-state index contributed by atoms with van der Waals surface area (Å²) in [6.45, 7) is -0.0801. The molecule has 142 valence electrons. The van der Waals surface area contributed by atoms with Gasteiger partial charge in [0, 0.05) is 32.0 Å². The summed E-state index contributed by atoms with van der Waals surface area (Å²) in [5.74, 6) is -4.73. The fourth-order valence-electron chi connectivity index (χ4n) is 1.77. The molecule has 1 aromatic rings. The molecule has 0 bridgehead atoms. The van der Waals surface area contributed by atoms with Gasteiger partial charge in [-0.3, -0.25) is 9.59 Å². The predicted octanol–water partition coefficient (Wildman–Crippen LogP) is 0.487. The van der Waals surface area contributed by atoms with Gasteiger partial charge >= 0.3 is 5.97 Å². The van der Waals surface area contributed by atoms with Crippen LogP contribution in [0.15, 0.2) is 30.0 Å². The van der Waals surface area contributed by atoms with E-state index in [0.29, 0.717) is 6.07 Å². The van der Waals surface area contributed by atoms with Crippen LogP contribution in [0, 0.1) is 11.6 Å². The monoisotopic (exact) mass is 372 g/mol. The summed E-state index contributed by atoms with van der Waals surface area (Å²) in [5, 5.41) is 4.46. The Kier molecular flexibility index (Phi) is 8.32. The zero-order valence-corrected chi connectivity index (χ0v) is 14.3. The van der Waals surface area contributed by atoms with Crippen LogP contribution in [0.25, 0.3) is 0 Å². The van der Waals surface area contributed by atoms with Crippen LogP contribution in [-0.4, -0.2) is 51.9 Å². The molecule has 0 heterocycles. The van der Waals surface area contributed by atoms with Crippen molar-refractivity contribution in [3.8, 4) is 0 Å². The fourth-order valence-corrected chi connectivity index (χ4v) is 1.77. The van der Waals surface area contributed by atoms with Crippen molar-refractivity contribution in [2.24, 2.45) is 0 Å². The van der Waals surface area contributed by atoms with Crippen molar-refractivity contribution in [1.82, 2.24) is 10.6 Å². The second-order valence-electron chi connectivity index (χ2n) is 4.79. The van der Waals surface area contributed by atoms with Gasteiger partial charge in [0.1, 0.15) is 17.2 Å². The highest BCUT2D eigenvalue weighted by molar-refractivity contribution is 6.16. The third kappa shape index (κ3) is 6.22. The second-order valence-corrected chi connectivity index (χ2v) is 4.79. The Balaban J connectivity index is 2.89. The molecule has 0 aliphatic carbocycles. The van der Waals surface area contributed by atoms with Crippen molar-refractivity contribution < 1.29 is 37.4 Å². The van der Waals surface area contributed by atoms with E-state index < -0.39 is 41.3 Å². The molecule has 0 radical (unpaired) electrons. The number of halogens is 2. The van der Waals surface area contributed by atoms with E-state index in [9.17, 15) is 23.2 Å². The molecule has 0 fully saturated rings. The van der Waals surface area contributed by atoms with Gasteiger partial charge in [0.25, 0.3) is 11.8 Å². The van der Waals surface area contributed by atoms with Gasteiger partial charge in [0.15, 0.2) is 6.29 Å². The lowest BCUT2D eigenvalue weighted by molar-refractivity contribution is -0.139. The van der Waals surface area contributed by atoms with Crippen LogP contribution in [0.1, 0.15) is 10.4 Å². The van der Waals surface area contributed by atoms with Gasteiger partial charge in [-0.25, -0.2) is 13.6 Å². The van der Waals surface area contributed by atoms with E-state index in [1.165, 1.54) is 14.2 Å². The molecule has 0 aliphatic rings. The summed E-state index contributed by atoms with van der Waals surface area (Å²) < 4.78 is 40.5. The molecule has 0 atom stereocenters. The molecule has 0 saturated carbocycles. The first kappa shape index (κ1) is 21.2. The van der Waals surface area contributed by atoms with Crippen molar-refractivity contribution in [1.29, 1.82) is 0 Å². The minimum Gasteiger partial charge on any atom is -0.465 e. The van der Waals surface area contributed by atoms with Crippen molar-refractivity contribution in [2.75, 3.05) is 27.9 Å². The molecular weight excluding hydrogens is 354 g/mol. The average Bonchev–Trinajstić information content (AvgIpc) is 2.61. The molecule has 0 unspecified atom stereocenters. The summed E-state index contributed by atoms with van der Waals surface area (Å²) in [4.78, 5) is 35.7. The molecule has 0 aromatic heterocycles. The van der Waals surface area contributed by atoms with Crippen LogP contribution in [0.4, 0.5) is 8.78 Å². The Morgan fingerprint density at radius 1 is 1.08 bits per heavy atom. The minimum absolute atomic E-state index is 0.0801. The highest BCUT2D eigenvalue weighted by atomic mass is 19.1. The third-order valence-electron chi connectivity index (χ3n) is 3.08. The molecule has 8 nitrogen and oxygen atoms in total. The molecule has 2 N–H and O–H groups in total. The highest BCUT2D eigenvalue weighted by Crippen LogP contribution is 2.08. The largest absolute Gasteiger partial charge is 0.465 e. The molecule has 0 aliphatic heterocycles. The zero-order chi connectivity index (χ0) is 19.7. The predicted molar refractivity (Wildman–Crippen MR) is 84.7 cm³/mol. The van der Waals surface area contributed by atoms with Gasteiger partial charge in [-0.2, -0.15) is 0 Å². The lowest BCUT2D eigenvalue weighted by Gasteiger charge is -2.14. The second kappa shape index (κ2) is 10.2. The summed E-state index contributed by atoms with van der Waals surface area (Å²) in [6.07, 6.45) is 0.0312. The number of nitrogens with one attached hydrogen (secondary N) is 2. The molecule has 1 aromatic carbocycles. The van der Waals surface area contributed by atoms with Gasteiger partial charge in [-0.15, -0.1) is 0 Å². The Morgan fingerprint density at radius 3 is 2.15 bits per heavy atom. The standard InChI is InChI=1S/C16H18F2N2O6/c1-24-13(25-2)8-20-15(22)12(16(23)26-3)7-19-14(21)9-4-10(17)6-11(18)5-9/h4-7,13H,8H2,1-3H3,(H,19,21)(H,20,22)/b12-7+. The summed E-state index contributed by atoms with van der Waals surface area (Å²) in [6, 6.07) is 2.19. The SMILES string of the molecule is COC(=O)/C(=C/NC(=O)c1cc(F)cc(F)c1)C(=O)NCC(OC)OC. The van der Waals surface area contributed by atoms with E-state index in [2.05, 4.69) is 15.4 Å². The van der Waals surface area contributed by atoms with Crippen molar-refractivity contribution >= 4 is 17.8 Å². The van der Waals surface area contributed by atoms with Crippen LogP contribution in [0.3, 0.4) is 0 Å². The number of carbonyl (C=O) groups is 3. The number of benzene rings is 1. The fraction of sp³-hybridized carbons (Fsp3) is 0.312. The maximum absolute atomic E-state index is 13.1. The lowest BCUT2D eigenvalue weighted by Crippen LogP contribution is -2.37. The first-order valence-corrected chi connectivity index (χ1v) is 7.21. The molecular formula is C16H18F2N2O6. The van der Waals surface area contributed by atoms with Crippen molar-refractivity contribution in [2.45, 2.75) is 6.29 Å². The topological polar surface area (TPSA) is 103 Å². The van der Waals surface area contributed by atoms with Gasteiger partial charge in [-0.1, -0.05) is 0 Å². The highest BCUT2D eigenvalue weighted by Gasteiger charge is 2.21. The van der Waals surface area contributed by atoms with E-state index in [4.69, 9.17) is 9.47 Å². The number of ether oxygens (including phenoxy) is 3. The number of carbonyl (C=O) groups excluding carboxylic acids is 3. The van der Waals surface area contributed by atoms with Crippen LogP contribution in [0.2, 0.25) is 0 Å². The quantitative estimate of drug-likeness (QED) is 0.226. The number of methoxy groups -OCH3 is 3.